The normalized spacial score (nSPS) is 9.61. The van der Waals surface area contributed by atoms with Crippen LogP contribution in [-0.4, -0.2) is 21.9 Å². The van der Waals surface area contributed by atoms with Crippen LogP contribution in [-0.2, 0) is 0 Å². The highest BCUT2D eigenvalue weighted by atomic mass is 35.5. The molecule has 0 saturated heterocycles. The largest absolute Gasteiger partial charge is 0.478 e. The van der Waals surface area contributed by atoms with Crippen molar-refractivity contribution >= 4 is 34.9 Å². The molecule has 0 heterocycles. The number of nitro groups is 1. The average molecular weight is 337 g/mol. The molecular weight excluding hydrogens is 324 g/mol. The maximum absolute atomic E-state index is 12.1. The van der Waals surface area contributed by atoms with E-state index in [0.29, 0.717) is 0 Å². The van der Waals surface area contributed by atoms with Gasteiger partial charge in [-0.25, -0.2) is 4.79 Å². The Hall–Kier alpha value is -2.93. The zero-order valence-corrected chi connectivity index (χ0v) is 11.7. The minimum Gasteiger partial charge on any atom is -0.478 e. The first kappa shape index (κ1) is 18.1. The molecule has 8 heteroatoms. The number of nitrogens with one attached hydrogen (secondary N) is 1. The first-order valence-corrected chi connectivity index (χ1v) is 6.35. The average Bonchev–Trinajstić information content (AvgIpc) is 2.48. The van der Waals surface area contributed by atoms with Gasteiger partial charge in [-0.15, -0.1) is 0 Å². The number of halogens is 1. The molecule has 7 nitrogen and oxygen atoms in total. The van der Waals surface area contributed by atoms with E-state index in [1.807, 2.05) is 0 Å². The summed E-state index contributed by atoms with van der Waals surface area (Å²) >= 11 is 5.87. The molecule has 2 rings (SSSR count). The van der Waals surface area contributed by atoms with Crippen molar-refractivity contribution in [3.8, 4) is 0 Å². The van der Waals surface area contributed by atoms with Gasteiger partial charge in [0, 0.05) is 12.1 Å². The molecule has 2 aromatic carbocycles. The minimum atomic E-state index is -1.24. The highest BCUT2D eigenvalue weighted by Gasteiger charge is 2.17. The third-order valence-corrected chi connectivity index (χ3v) is 3.13. The standard InChI is InChI=1S/C14H9ClN2O5.CH4/c15-11-7-8(17(21)22)5-6-12(11)16-13(18)9-3-1-2-4-10(9)14(19)20;/h1-7H,(H,16,18)(H,19,20);1H4. The highest BCUT2D eigenvalue weighted by molar-refractivity contribution is 6.34. The van der Waals surface area contributed by atoms with Crippen LogP contribution in [0.5, 0.6) is 0 Å². The first-order valence-electron chi connectivity index (χ1n) is 5.97. The maximum atomic E-state index is 12.1. The number of rotatable bonds is 4. The zero-order chi connectivity index (χ0) is 16.3. The Morgan fingerprint density at radius 1 is 1.13 bits per heavy atom. The van der Waals surface area contributed by atoms with Crippen molar-refractivity contribution in [3.63, 3.8) is 0 Å². The van der Waals surface area contributed by atoms with Crippen molar-refractivity contribution in [3.05, 3.63) is 68.7 Å². The Morgan fingerprint density at radius 3 is 2.26 bits per heavy atom. The van der Waals surface area contributed by atoms with Crippen LogP contribution in [0.4, 0.5) is 11.4 Å². The molecule has 0 unspecified atom stereocenters. The fourth-order valence-corrected chi connectivity index (χ4v) is 2.00. The third-order valence-electron chi connectivity index (χ3n) is 2.81. The van der Waals surface area contributed by atoms with Gasteiger partial charge in [-0.1, -0.05) is 31.2 Å². The summed E-state index contributed by atoms with van der Waals surface area (Å²) in [6, 6.07) is 9.25. The van der Waals surface area contributed by atoms with Gasteiger partial charge in [0.2, 0.25) is 0 Å². The van der Waals surface area contributed by atoms with E-state index in [0.717, 1.165) is 6.07 Å². The van der Waals surface area contributed by atoms with Gasteiger partial charge in [0.25, 0.3) is 11.6 Å². The molecule has 2 N–H and O–H groups in total. The van der Waals surface area contributed by atoms with Crippen molar-refractivity contribution in [1.82, 2.24) is 0 Å². The molecule has 0 bridgehead atoms. The van der Waals surface area contributed by atoms with Crippen LogP contribution in [0.3, 0.4) is 0 Å². The molecule has 0 aromatic heterocycles. The molecule has 23 heavy (non-hydrogen) atoms. The number of carbonyl (C=O) groups excluding carboxylic acids is 1. The minimum absolute atomic E-state index is 0. The van der Waals surface area contributed by atoms with E-state index >= 15 is 0 Å². The van der Waals surface area contributed by atoms with E-state index in [4.69, 9.17) is 16.7 Å². The molecule has 0 saturated carbocycles. The number of amides is 1. The molecule has 0 aliphatic rings. The Labute approximate surface area is 136 Å². The molecule has 0 fully saturated rings. The molecule has 2 aromatic rings. The van der Waals surface area contributed by atoms with Crippen LogP contribution >= 0.6 is 11.6 Å². The number of aromatic carboxylic acids is 1. The van der Waals surface area contributed by atoms with Crippen LogP contribution in [0.15, 0.2) is 42.5 Å². The summed E-state index contributed by atoms with van der Waals surface area (Å²) in [5.41, 5.74) is -0.256. The number of nitrogens with zero attached hydrogens (tertiary/aromatic N) is 1. The SMILES string of the molecule is C.O=C(O)c1ccccc1C(=O)Nc1ccc([N+](=O)[O-])cc1Cl. The summed E-state index contributed by atoms with van der Waals surface area (Å²) in [7, 11) is 0. The summed E-state index contributed by atoms with van der Waals surface area (Å²) in [4.78, 5) is 33.2. The van der Waals surface area contributed by atoms with Gasteiger partial charge in [-0.05, 0) is 18.2 Å². The van der Waals surface area contributed by atoms with Crippen molar-refractivity contribution < 1.29 is 19.6 Å². The van der Waals surface area contributed by atoms with Crippen molar-refractivity contribution in [2.24, 2.45) is 0 Å². The highest BCUT2D eigenvalue weighted by Crippen LogP contribution is 2.27. The van der Waals surface area contributed by atoms with E-state index in [-0.39, 0.29) is 35.0 Å². The van der Waals surface area contributed by atoms with E-state index in [1.54, 1.807) is 0 Å². The second kappa shape index (κ2) is 7.37. The van der Waals surface area contributed by atoms with E-state index in [2.05, 4.69) is 5.32 Å². The van der Waals surface area contributed by atoms with Crippen LogP contribution in [0.2, 0.25) is 5.02 Å². The van der Waals surface area contributed by atoms with Gasteiger partial charge >= 0.3 is 5.97 Å². The van der Waals surface area contributed by atoms with Crippen molar-refractivity contribution in [2.45, 2.75) is 7.43 Å². The van der Waals surface area contributed by atoms with Crippen molar-refractivity contribution in [1.29, 1.82) is 0 Å². The number of anilines is 1. The quantitative estimate of drug-likeness (QED) is 0.651. The van der Waals surface area contributed by atoms with E-state index in [1.165, 1.54) is 36.4 Å². The van der Waals surface area contributed by atoms with Gasteiger partial charge in [-0.3, -0.25) is 14.9 Å². The van der Waals surface area contributed by atoms with Crippen LogP contribution in [0.25, 0.3) is 0 Å². The smallest absolute Gasteiger partial charge is 0.336 e. The van der Waals surface area contributed by atoms with Crippen LogP contribution in [0.1, 0.15) is 28.1 Å². The number of hydrogen-bond acceptors (Lipinski definition) is 4. The summed E-state index contributed by atoms with van der Waals surface area (Å²) in [5, 5.41) is 22.1. The van der Waals surface area contributed by atoms with Gasteiger partial charge in [-0.2, -0.15) is 0 Å². The summed E-state index contributed by atoms with van der Waals surface area (Å²) in [6.07, 6.45) is 0. The van der Waals surface area contributed by atoms with Crippen LogP contribution < -0.4 is 5.32 Å². The number of non-ortho nitro benzene ring substituents is 1. The monoisotopic (exact) mass is 336 g/mol. The Balaban J connectivity index is 0.00000264. The Morgan fingerprint density at radius 2 is 1.74 bits per heavy atom. The molecule has 0 atom stereocenters. The van der Waals surface area contributed by atoms with Crippen LogP contribution in [0, 0.1) is 10.1 Å². The number of benzene rings is 2. The molecule has 0 aliphatic heterocycles. The lowest BCUT2D eigenvalue weighted by Gasteiger charge is -2.09. The lowest BCUT2D eigenvalue weighted by Crippen LogP contribution is -2.16. The summed E-state index contributed by atoms with van der Waals surface area (Å²) in [5.74, 6) is -1.91. The Bertz CT molecular complexity index is 776. The molecule has 1 amide bonds. The third kappa shape index (κ3) is 4.04. The predicted molar refractivity (Wildman–Crippen MR) is 86.2 cm³/mol. The van der Waals surface area contributed by atoms with Gasteiger partial charge in [0.05, 0.1) is 26.8 Å². The number of carbonyl (C=O) groups is 2. The fourth-order valence-electron chi connectivity index (χ4n) is 1.78. The maximum Gasteiger partial charge on any atom is 0.336 e. The molecular formula is C15H13ClN2O5. The molecule has 120 valence electrons. The van der Waals surface area contributed by atoms with E-state index < -0.39 is 16.8 Å². The summed E-state index contributed by atoms with van der Waals surface area (Å²) in [6.45, 7) is 0. The Kier molecular flexibility index (Phi) is 5.81. The number of carboxylic acid groups (broad SMARTS) is 1. The van der Waals surface area contributed by atoms with Gasteiger partial charge in [0.1, 0.15) is 0 Å². The molecule has 0 radical (unpaired) electrons. The van der Waals surface area contributed by atoms with Crippen molar-refractivity contribution in [2.75, 3.05) is 5.32 Å². The fraction of sp³-hybridized carbons (Fsp3) is 0.0667. The second-order valence-corrected chi connectivity index (χ2v) is 4.63. The molecule has 0 aliphatic carbocycles. The summed E-state index contributed by atoms with van der Waals surface area (Å²) < 4.78 is 0. The number of carboxylic acids is 1. The first-order chi connectivity index (χ1) is 10.4. The zero-order valence-electron chi connectivity index (χ0n) is 10.9. The second-order valence-electron chi connectivity index (χ2n) is 4.23. The number of hydrogen-bond donors (Lipinski definition) is 2. The lowest BCUT2D eigenvalue weighted by atomic mass is 10.1. The number of nitro benzene ring substituents is 1. The molecule has 0 spiro atoms. The van der Waals surface area contributed by atoms with E-state index in [9.17, 15) is 19.7 Å². The topological polar surface area (TPSA) is 110 Å². The van der Waals surface area contributed by atoms with Gasteiger partial charge < -0.3 is 10.4 Å². The predicted octanol–water partition coefficient (Wildman–Crippen LogP) is 3.83. The van der Waals surface area contributed by atoms with Gasteiger partial charge in [0.15, 0.2) is 0 Å². The lowest BCUT2D eigenvalue weighted by molar-refractivity contribution is -0.384.